The van der Waals surface area contributed by atoms with Crippen LogP contribution in [0.3, 0.4) is 0 Å². The van der Waals surface area contributed by atoms with Gasteiger partial charge in [-0.2, -0.15) is 0 Å². The molecule has 0 saturated heterocycles. The Labute approximate surface area is 154 Å². The topological polar surface area (TPSA) is 89.4 Å². The first-order valence-corrected chi connectivity index (χ1v) is 8.22. The highest BCUT2D eigenvalue weighted by Gasteiger charge is 2.12. The van der Waals surface area contributed by atoms with Gasteiger partial charge in [0.05, 0.1) is 4.92 Å². The van der Waals surface area contributed by atoms with Crippen molar-refractivity contribution in [3.63, 3.8) is 0 Å². The second kappa shape index (κ2) is 6.76. The molecule has 27 heavy (non-hydrogen) atoms. The molecule has 4 rings (SSSR count). The molecule has 132 valence electrons. The van der Waals surface area contributed by atoms with Crippen molar-refractivity contribution in [1.82, 2.24) is 4.98 Å². The highest BCUT2D eigenvalue weighted by atomic mass is 16.6. The Kier molecular flexibility index (Phi) is 4.14. The minimum atomic E-state index is -0.628. The van der Waals surface area contributed by atoms with Crippen molar-refractivity contribution in [2.24, 2.45) is 0 Å². The number of fused-ring (bicyclic) bond motifs is 1. The number of hydrogen-bond acceptors (Lipinski definition) is 5. The highest BCUT2D eigenvalue weighted by Crippen LogP contribution is 2.28. The van der Waals surface area contributed by atoms with Gasteiger partial charge in [-0.1, -0.05) is 42.5 Å². The number of benzene rings is 3. The molecule has 3 aromatic carbocycles. The van der Waals surface area contributed by atoms with Gasteiger partial charge in [0.1, 0.15) is 5.52 Å². The molecule has 0 spiro atoms. The second-order valence-electron chi connectivity index (χ2n) is 5.94. The maximum Gasteiger partial charge on any atom is 0.311 e. The number of phenols is 1. The SMILES string of the molecule is O=[N+]([O-])c1cc(/C=C/c2nc3cc(-c4ccccc4)ccc3o2)ccc1O. The van der Waals surface area contributed by atoms with E-state index in [1.165, 1.54) is 12.1 Å². The number of aromatic nitrogens is 1. The molecule has 0 unspecified atom stereocenters. The van der Waals surface area contributed by atoms with E-state index in [2.05, 4.69) is 4.98 Å². The minimum absolute atomic E-state index is 0.345. The molecule has 0 saturated carbocycles. The Bertz CT molecular complexity index is 1160. The van der Waals surface area contributed by atoms with E-state index < -0.39 is 4.92 Å². The van der Waals surface area contributed by atoms with Crippen molar-refractivity contribution in [2.45, 2.75) is 0 Å². The monoisotopic (exact) mass is 358 g/mol. The Morgan fingerprint density at radius 2 is 1.78 bits per heavy atom. The molecular formula is C21H14N2O4. The Morgan fingerprint density at radius 3 is 2.56 bits per heavy atom. The van der Waals surface area contributed by atoms with Gasteiger partial charge >= 0.3 is 5.69 Å². The fourth-order valence-corrected chi connectivity index (χ4v) is 2.78. The van der Waals surface area contributed by atoms with Crippen molar-refractivity contribution in [3.05, 3.63) is 88.3 Å². The zero-order valence-electron chi connectivity index (χ0n) is 14.1. The van der Waals surface area contributed by atoms with Gasteiger partial charge in [-0.3, -0.25) is 10.1 Å². The lowest BCUT2D eigenvalue weighted by Gasteiger charge is -1.99. The number of nitro groups is 1. The summed E-state index contributed by atoms with van der Waals surface area (Å²) in [5.74, 6) is 0.0263. The summed E-state index contributed by atoms with van der Waals surface area (Å²) in [7, 11) is 0. The minimum Gasteiger partial charge on any atom is -0.502 e. The first kappa shape index (κ1) is 16.5. The molecule has 0 fully saturated rings. The van der Waals surface area contributed by atoms with Crippen molar-refractivity contribution < 1.29 is 14.4 Å². The van der Waals surface area contributed by atoms with Gasteiger partial charge in [0, 0.05) is 12.1 Å². The van der Waals surface area contributed by atoms with Crippen LogP contribution in [0.4, 0.5) is 5.69 Å². The third-order valence-electron chi connectivity index (χ3n) is 4.13. The van der Waals surface area contributed by atoms with Gasteiger partial charge in [0.25, 0.3) is 0 Å². The fourth-order valence-electron chi connectivity index (χ4n) is 2.78. The molecule has 4 aromatic rings. The summed E-state index contributed by atoms with van der Waals surface area (Å²) in [5.41, 5.74) is 3.74. The number of nitro benzene ring substituents is 1. The molecule has 0 aliphatic carbocycles. The normalized spacial score (nSPS) is 11.3. The van der Waals surface area contributed by atoms with Crippen molar-refractivity contribution in [2.75, 3.05) is 0 Å². The molecule has 0 aliphatic heterocycles. The summed E-state index contributed by atoms with van der Waals surface area (Å²) in [6.45, 7) is 0. The van der Waals surface area contributed by atoms with Crippen LogP contribution in [-0.2, 0) is 0 Å². The number of hydrogen-bond donors (Lipinski definition) is 1. The summed E-state index contributed by atoms with van der Waals surface area (Å²) < 4.78 is 5.70. The lowest BCUT2D eigenvalue weighted by atomic mass is 10.1. The summed E-state index contributed by atoms with van der Waals surface area (Å²) in [5, 5.41) is 20.4. The molecular weight excluding hydrogens is 344 g/mol. The second-order valence-corrected chi connectivity index (χ2v) is 5.94. The highest BCUT2D eigenvalue weighted by molar-refractivity contribution is 5.82. The molecule has 1 heterocycles. The lowest BCUT2D eigenvalue weighted by Crippen LogP contribution is -1.88. The van der Waals surface area contributed by atoms with Crippen LogP contribution in [0.2, 0.25) is 0 Å². The molecule has 0 radical (unpaired) electrons. The average Bonchev–Trinajstić information content (AvgIpc) is 3.10. The standard InChI is InChI=1S/C21H14N2O4/c24-19-9-6-14(12-18(19)23(25)26)7-11-21-22-17-13-16(8-10-20(17)27-21)15-4-2-1-3-5-15/h1-13,24H/b11-7+. The lowest BCUT2D eigenvalue weighted by molar-refractivity contribution is -0.385. The maximum absolute atomic E-state index is 10.9. The van der Waals surface area contributed by atoms with Crippen LogP contribution in [0.15, 0.2) is 71.1 Å². The molecule has 1 N–H and O–H groups in total. The third-order valence-corrected chi connectivity index (χ3v) is 4.13. The Hall–Kier alpha value is -3.93. The smallest absolute Gasteiger partial charge is 0.311 e. The number of phenolic OH excluding ortho intramolecular Hbond substituents is 1. The maximum atomic E-state index is 10.9. The van der Waals surface area contributed by atoms with E-state index in [0.29, 0.717) is 17.0 Å². The van der Waals surface area contributed by atoms with Crippen LogP contribution in [0.5, 0.6) is 5.75 Å². The van der Waals surface area contributed by atoms with E-state index in [1.54, 1.807) is 18.2 Å². The van der Waals surface area contributed by atoms with Gasteiger partial charge in [-0.05, 0) is 41.0 Å². The number of rotatable bonds is 4. The fraction of sp³-hybridized carbons (Fsp3) is 0. The van der Waals surface area contributed by atoms with E-state index in [9.17, 15) is 15.2 Å². The van der Waals surface area contributed by atoms with E-state index in [0.717, 1.165) is 16.6 Å². The third kappa shape index (κ3) is 3.41. The van der Waals surface area contributed by atoms with Crippen LogP contribution in [0, 0.1) is 10.1 Å². The van der Waals surface area contributed by atoms with Crippen molar-refractivity contribution in [1.29, 1.82) is 0 Å². The summed E-state index contributed by atoms with van der Waals surface area (Å²) in [4.78, 5) is 14.7. The van der Waals surface area contributed by atoms with Gasteiger partial charge in [-0.25, -0.2) is 4.98 Å². The molecule has 0 bridgehead atoms. The van der Waals surface area contributed by atoms with Gasteiger partial charge in [0.2, 0.25) is 5.89 Å². The Balaban J connectivity index is 1.64. The molecule has 0 atom stereocenters. The van der Waals surface area contributed by atoms with Crippen LogP contribution in [0.25, 0.3) is 34.4 Å². The molecule has 6 heteroatoms. The van der Waals surface area contributed by atoms with Crippen LogP contribution < -0.4 is 0 Å². The van der Waals surface area contributed by atoms with E-state index in [4.69, 9.17) is 4.42 Å². The van der Waals surface area contributed by atoms with Crippen LogP contribution >= 0.6 is 0 Å². The van der Waals surface area contributed by atoms with Crippen LogP contribution in [-0.4, -0.2) is 15.0 Å². The first-order chi connectivity index (χ1) is 13.1. The Morgan fingerprint density at radius 1 is 0.963 bits per heavy atom. The van der Waals surface area contributed by atoms with Crippen molar-refractivity contribution in [3.8, 4) is 16.9 Å². The average molecular weight is 358 g/mol. The predicted molar refractivity (Wildman–Crippen MR) is 103 cm³/mol. The van der Waals surface area contributed by atoms with Gasteiger partial charge < -0.3 is 9.52 Å². The molecule has 6 nitrogen and oxygen atoms in total. The quantitative estimate of drug-likeness (QED) is 0.396. The first-order valence-electron chi connectivity index (χ1n) is 8.22. The molecule has 0 amide bonds. The van der Waals surface area contributed by atoms with Crippen molar-refractivity contribution >= 4 is 28.9 Å². The largest absolute Gasteiger partial charge is 0.502 e. The van der Waals surface area contributed by atoms with Crippen LogP contribution in [0.1, 0.15) is 11.5 Å². The summed E-state index contributed by atoms with van der Waals surface area (Å²) >= 11 is 0. The van der Waals surface area contributed by atoms with Gasteiger partial charge in [0.15, 0.2) is 11.3 Å². The number of aromatic hydroxyl groups is 1. The summed E-state index contributed by atoms with van der Waals surface area (Å²) in [6, 6.07) is 19.9. The van der Waals surface area contributed by atoms with Gasteiger partial charge in [-0.15, -0.1) is 0 Å². The molecule has 1 aromatic heterocycles. The number of nitrogens with zero attached hydrogens (tertiary/aromatic N) is 2. The van der Waals surface area contributed by atoms with E-state index in [1.807, 2.05) is 48.5 Å². The zero-order chi connectivity index (χ0) is 18.8. The predicted octanol–water partition coefficient (Wildman–Crippen LogP) is 5.28. The van der Waals surface area contributed by atoms with E-state index >= 15 is 0 Å². The molecule has 0 aliphatic rings. The zero-order valence-corrected chi connectivity index (χ0v) is 14.1. The number of oxazole rings is 1. The summed E-state index contributed by atoms with van der Waals surface area (Å²) in [6.07, 6.45) is 3.29. The van der Waals surface area contributed by atoms with E-state index in [-0.39, 0.29) is 11.4 Å².